The summed E-state index contributed by atoms with van der Waals surface area (Å²) in [7, 11) is 2.64. The van der Waals surface area contributed by atoms with Crippen molar-refractivity contribution in [2.24, 2.45) is 11.0 Å². The summed E-state index contributed by atoms with van der Waals surface area (Å²) in [5.74, 6) is -2.44. The van der Waals surface area contributed by atoms with Crippen LogP contribution in [0, 0.1) is 5.92 Å². The normalized spacial score (nSPS) is 25.8. The number of carbonyl (C=O) groups excluding carboxylic acids is 3. The Morgan fingerprint density at radius 2 is 2.00 bits per heavy atom. The highest BCUT2D eigenvalue weighted by Gasteiger charge is 2.64. The van der Waals surface area contributed by atoms with Crippen LogP contribution in [0.4, 0.5) is 5.69 Å². The third-order valence-corrected chi connectivity index (χ3v) is 4.09. The molecule has 2 aliphatic heterocycles. The van der Waals surface area contributed by atoms with Gasteiger partial charge in [0.15, 0.2) is 5.71 Å². The molecule has 2 unspecified atom stereocenters. The minimum Gasteiger partial charge on any atom is -0.495 e. The zero-order chi connectivity index (χ0) is 16.8. The van der Waals surface area contributed by atoms with Gasteiger partial charge in [-0.2, -0.15) is 5.10 Å². The standard InChI is InChI=1S/C15H15N3O5/c1-15-10(11(16-17-15)13(20)23-3)12(19)18(14(15)21)8-6-4-5-7-9(8)22-2/h4-7,10,17H,1-3H3. The van der Waals surface area contributed by atoms with E-state index < -0.39 is 29.2 Å². The van der Waals surface area contributed by atoms with Crippen LogP contribution in [0.25, 0.3) is 0 Å². The van der Waals surface area contributed by atoms with Crippen molar-refractivity contribution in [2.45, 2.75) is 12.5 Å². The molecule has 120 valence electrons. The zero-order valence-electron chi connectivity index (χ0n) is 12.8. The van der Waals surface area contributed by atoms with Crippen LogP contribution in [0.3, 0.4) is 0 Å². The quantitative estimate of drug-likeness (QED) is 0.626. The van der Waals surface area contributed by atoms with Crippen molar-refractivity contribution in [3.8, 4) is 5.75 Å². The fourth-order valence-electron chi connectivity index (χ4n) is 2.89. The van der Waals surface area contributed by atoms with E-state index in [0.29, 0.717) is 11.4 Å². The highest BCUT2D eigenvalue weighted by atomic mass is 16.5. The first-order chi connectivity index (χ1) is 11.0. The maximum absolute atomic E-state index is 12.8. The van der Waals surface area contributed by atoms with Gasteiger partial charge in [-0.3, -0.25) is 15.0 Å². The van der Waals surface area contributed by atoms with Gasteiger partial charge in [0.1, 0.15) is 17.2 Å². The number of nitrogens with zero attached hydrogens (tertiary/aromatic N) is 2. The molecule has 2 amide bonds. The van der Waals surface area contributed by atoms with Crippen molar-refractivity contribution in [2.75, 3.05) is 19.1 Å². The Morgan fingerprint density at radius 3 is 2.65 bits per heavy atom. The van der Waals surface area contributed by atoms with Gasteiger partial charge in [-0.25, -0.2) is 9.69 Å². The van der Waals surface area contributed by atoms with E-state index in [4.69, 9.17) is 4.74 Å². The Bertz CT molecular complexity index is 744. The SMILES string of the molecule is COC(=O)C1=NNC2(C)C(=O)N(c3ccccc3OC)C(=O)C12. The number of rotatable bonds is 3. The minimum atomic E-state index is -1.32. The Morgan fingerprint density at radius 1 is 1.30 bits per heavy atom. The number of para-hydroxylation sites is 2. The van der Waals surface area contributed by atoms with Crippen LogP contribution in [-0.4, -0.2) is 43.3 Å². The lowest BCUT2D eigenvalue weighted by molar-refractivity contribution is -0.133. The number of ether oxygens (including phenoxy) is 2. The summed E-state index contributed by atoms with van der Waals surface area (Å²) in [4.78, 5) is 38.5. The van der Waals surface area contributed by atoms with E-state index in [1.54, 1.807) is 24.3 Å². The molecule has 0 radical (unpaired) electrons. The Kier molecular flexibility index (Phi) is 3.32. The number of hydrogen-bond donors (Lipinski definition) is 1. The molecule has 2 atom stereocenters. The number of nitrogens with one attached hydrogen (secondary N) is 1. The lowest BCUT2D eigenvalue weighted by Gasteiger charge is -2.21. The van der Waals surface area contributed by atoms with E-state index in [0.717, 1.165) is 4.90 Å². The van der Waals surface area contributed by atoms with Crippen molar-refractivity contribution in [3.63, 3.8) is 0 Å². The van der Waals surface area contributed by atoms with Gasteiger partial charge in [-0.15, -0.1) is 0 Å². The van der Waals surface area contributed by atoms with Gasteiger partial charge < -0.3 is 9.47 Å². The predicted molar refractivity (Wildman–Crippen MR) is 80.0 cm³/mol. The first-order valence-electron chi connectivity index (χ1n) is 6.90. The number of esters is 1. The maximum atomic E-state index is 12.8. The van der Waals surface area contributed by atoms with Crippen molar-refractivity contribution in [3.05, 3.63) is 24.3 Å². The van der Waals surface area contributed by atoms with E-state index in [1.807, 2.05) is 0 Å². The highest BCUT2D eigenvalue weighted by Crippen LogP contribution is 2.40. The van der Waals surface area contributed by atoms with Gasteiger partial charge in [0.2, 0.25) is 5.91 Å². The van der Waals surface area contributed by atoms with Gasteiger partial charge in [-0.1, -0.05) is 12.1 Å². The third kappa shape index (κ3) is 1.91. The number of fused-ring (bicyclic) bond motifs is 1. The van der Waals surface area contributed by atoms with E-state index >= 15 is 0 Å². The molecule has 2 aliphatic rings. The van der Waals surface area contributed by atoms with Gasteiger partial charge >= 0.3 is 5.97 Å². The largest absolute Gasteiger partial charge is 0.495 e. The van der Waals surface area contributed by atoms with Crippen molar-refractivity contribution >= 4 is 29.2 Å². The molecular formula is C15H15N3O5. The minimum absolute atomic E-state index is 0.106. The summed E-state index contributed by atoms with van der Waals surface area (Å²) in [6.45, 7) is 1.53. The summed E-state index contributed by atoms with van der Waals surface area (Å²) >= 11 is 0. The van der Waals surface area contributed by atoms with Gasteiger partial charge in [0.05, 0.1) is 19.9 Å². The monoisotopic (exact) mass is 317 g/mol. The molecule has 0 aliphatic carbocycles. The second-order valence-corrected chi connectivity index (χ2v) is 5.39. The maximum Gasteiger partial charge on any atom is 0.355 e. The molecule has 8 heteroatoms. The molecule has 2 heterocycles. The number of benzene rings is 1. The van der Waals surface area contributed by atoms with Gasteiger partial charge in [-0.05, 0) is 19.1 Å². The Balaban J connectivity index is 2.07. The second kappa shape index (κ2) is 5.08. The number of hydrazone groups is 1. The topological polar surface area (TPSA) is 97.3 Å². The van der Waals surface area contributed by atoms with Crippen molar-refractivity contribution in [1.29, 1.82) is 0 Å². The number of hydrogen-bond acceptors (Lipinski definition) is 7. The molecule has 0 bridgehead atoms. The van der Waals surface area contributed by atoms with Crippen LogP contribution in [0.1, 0.15) is 6.92 Å². The third-order valence-electron chi connectivity index (χ3n) is 4.09. The molecule has 0 spiro atoms. The fraction of sp³-hybridized carbons (Fsp3) is 0.333. The lowest BCUT2D eigenvalue weighted by atomic mass is 9.86. The summed E-state index contributed by atoms with van der Waals surface area (Å²) in [6.07, 6.45) is 0. The molecular weight excluding hydrogens is 302 g/mol. The predicted octanol–water partition coefficient (Wildman–Crippen LogP) is 0.0755. The molecule has 1 aromatic carbocycles. The molecule has 3 rings (SSSR count). The summed E-state index contributed by atoms with van der Waals surface area (Å²) in [5.41, 5.74) is 1.51. The number of methoxy groups -OCH3 is 2. The van der Waals surface area contributed by atoms with E-state index in [9.17, 15) is 14.4 Å². The van der Waals surface area contributed by atoms with E-state index in [1.165, 1.54) is 21.1 Å². The molecule has 8 nitrogen and oxygen atoms in total. The smallest absolute Gasteiger partial charge is 0.355 e. The zero-order valence-corrected chi connectivity index (χ0v) is 12.8. The molecule has 1 saturated heterocycles. The average molecular weight is 317 g/mol. The molecule has 23 heavy (non-hydrogen) atoms. The van der Waals surface area contributed by atoms with Crippen LogP contribution in [0.15, 0.2) is 29.4 Å². The first kappa shape index (κ1) is 15.0. The molecule has 1 aromatic rings. The number of imide groups is 1. The van der Waals surface area contributed by atoms with E-state index in [-0.39, 0.29) is 5.71 Å². The second-order valence-electron chi connectivity index (χ2n) is 5.39. The number of carbonyl (C=O) groups is 3. The molecule has 0 saturated carbocycles. The van der Waals surface area contributed by atoms with Crippen molar-refractivity contribution in [1.82, 2.24) is 5.43 Å². The Labute approximate surface area is 132 Å². The lowest BCUT2D eigenvalue weighted by Crippen LogP contribution is -2.48. The fourth-order valence-corrected chi connectivity index (χ4v) is 2.89. The van der Waals surface area contributed by atoms with Crippen molar-refractivity contribution < 1.29 is 23.9 Å². The van der Waals surface area contributed by atoms with Crippen LogP contribution in [0.2, 0.25) is 0 Å². The highest BCUT2D eigenvalue weighted by molar-refractivity contribution is 6.47. The summed E-state index contributed by atoms with van der Waals surface area (Å²) in [6, 6.07) is 6.68. The Hall–Kier alpha value is -2.90. The molecule has 1 N–H and O–H groups in total. The van der Waals surface area contributed by atoms with Crippen LogP contribution in [0.5, 0.6) is 5.75 Å². The average Bonchev–Trinajstić information content (AvgIpc) is 3.01. The molecule has 1 fully saturated rings. The number of amides is 2. The first-order valence-corrected chi connectivity index (χ1v) is 6.90. The summed E-state index contributed by atoms with van der Waals surface area (Å²) < 4.78 is 9.86. The van der Waals surface area contributed by atoms with Gasteiger partial charge in [0.25, 0.3) is 5.91 Å². The van der Waals surface area contributed by atoms with Crippen LogP contribution < -0.4 is 15.1 Å². The van der Waals surface area contributed by atoms with E-state index in [2.05, 4.69) is 15.3 Å². The van der Waals surface area contributed by atoms with Crippen LogP contribution in [-0.2, 0) is 19.1 Å². The van der Waals surface area contributed by atoms with Gasteiger partial charge in [0, 0.05) is 0 Å². The molecule has 0 aromatic heterocycles. The summed E-state index contributed by atoms with van der Waals surface area (Å²) in [5, 5.41) is 3.83. The van der Waals surface area contributed by atoms with Crippen LogP contribution >= 0.6 is 0 Å². The number of anilines is 1.